The van der Waals surface area contributed by atoms with Gasteiger partial charge in [0, 0.05) is 14.2 Å². The summed E-state index contributed by atoms with van der Waals surface area (Å²) in [5, 5.41) is 0. The van der Waals surface area contributed by atoms with Crippen LogP contribution in [0.5, 0.6) is 0 Å². The van der Waals surface area contributed by atoms with E-state index in [-0.39, 0.29) is 24.9 Å². The van der Waals surface area contributed by atoms with Crippen LogP contribution in [0.3, 0.4) is 0 Å². The molecular formula is C11H26N2O5. The molecule has 110 valence electrons. The summed E-state index contributed by atoms with van der Waals surface area (Å²) in [5.74, 6) is 5.00. The van der Waals surface area contributed by atoms with Crippen molar-refractivity contribution in [2.24, 2.45) is 11.6 Å². The smallest absolute Gasteiger partial charge is 0.135 e. The third kappa shape index (κ3) is 5.15. The summed E-state index contributed by atoms with van der Waals surface area (Å²) in [7, 11) is 3.18. The molecule has 7 nitrogen and oxygen atoms in total. The van der Waals surface area contributed by atoms with Gasteiger partial charge in [-0.2, -0.15) is 0 Å². The molecule has 0 aromatic rings. The molecule has 1 heterocycles. The van der Waals surface area contributed by atoms with E-state index in [9.17, 15) is 0 Å². The molecule has 0 spiro atoms. The van der Waals surface area contributed by atoms with E-state index in [1.54, 1.807) is 14.2 Å². The molecule has 4 unspecified atom stereocenters. The van der Waals surface area contributed by atoms with Crippen molar-refractivity contribution in [3.63, 3.8) is 0 Å². The zero-order valence-electron chi connectivity index (χ0n) is 11.6. The molecule has 4 N–H and O–H groups in total. The first kappa shape index (κ1) is 17.7. The number of rotatable bonds is 7. The predicted molar refractivity (Wildman–Crippen MR) is 66.7 cm³/mol. The topological polar surface area (TPSA) is 98.2 Å². The molecule has 7 heteroatoms. The highest BCUT2D eigenvalue weighted by Gasteiger charge is 2.44. The number of nitrogens with two attached hydrogens (primary N) is 2. The average molecular weight is 266 g/mol. The van der Waals surface area contributed by atoms with Gasteiger partial charge in [0.1, 0.15) is 24.5 Å². The molecule has 0 radical (unpaired) electrons. The molecular weight excluding hydrogens is 240 g/mol. The van der Waals surface area contributed by atoms with Gasteiger partial charge in [-0.1, -0.05) is 13.8 Å². The van der Waals surface area contributed by atoms with Crippen molar-refractivity contribution in [2.75, 3.05) is 34.0 Å². The van der Waals surface area contributed by atoms with E-state index < -0.39 is 6.23 Å². The van der Waals surface area contributed by atoms with Crippen molar-refractivity contribution >= 4 is 0 Å². The fourth-order valence-electron chi connectivity index (χ4n) is 1.73. The van der Waals surface area contributed by atoms with Crippen LogP contribution in [-0.4, -0.2) is 58.6 Å². The van der Waals surface area contributed by atoms with Gasteiger partial charge in [-0.15, -0.1) is 0 Å². The van der Waals surface area contributed by atoms with Crippen LogP contribution in [0.2, 0.25) is 0 Å². The number of methoxy groups -OCH3 is 2. The van der Waals surface area contributed by atoms with Crippen molar-refractivity contribution in [3.8, 4) is 0 Å². The Labute approximate surface area is 109 Å². The van der Waals surface area contributed by atoms with Crippen LogP contribution in [0.4, 0.5) is 0 Å². The summed E-state index contributed by atoms with van der Waals surface area (Å²) in [5.41, 5.74) is 5.78. The third-order valence-corrected chi connectivity index (χ3v) is 2.48. The number of ether oxygens (including phenoxy) is 4. The van der Waals surface area contributed by atoms with Crippen LogP contribution in [0.1, 0.15) is 13.8 Å². The number of hydrogen-bond donors (Lipinski definition) is 2. The molecule has 1 aliphatic rings. The quantitative estimate of drug-likeness (QED) is 0.479. The van der Waals surface area contributed by atoms with Gasteiger partial charge in [0.2, 0.25) is 0 Å². The van der Waals surface area contributed by atoms with Crippen molar-refractivity contribution in [1.82, 2.24) is 0 Å². The largest absolute Gasteiger partial charge is 0.382 e. The fraction of sp³-hybridized carbons (Fsp3) is 1.00. The summed E-state index contributed by atoms with van der Waals surface area (Å²) in [6.07, 6.45) is -1.46. The van der Waals surface area contributed by atoms with Gasteiger partial charge < -0.3 is 29.5 Å². The van der Waals surface area contributed by atoms with Crippen LogP contribution >= 0.6 is 0 Å². The second kappa shape index (κ2) is 10.6. The lowest BCUT2D eigenvalue weighted by atomic mass is 10.1. The van der Waals surface area contributed by atoms with Crippen LogP contribution in [0.25, 0.3) is 0 Å². The Kier molecular flexibility index (Phi) is 10.5. The van der Waals surface area contributed by atoms with Crippen molar-refractivity contribution < 1.29 is 23.8 Å². The summed E-state index contributed by atoms with van der Waals surface area (Å²) in [6, 6.07) is 0. The first-order valence-corrected chi connectivity index (χ1v) is 6.10. The third-order valence-electron chi connectivity index (χ3n) is 2.48. The van der Waals surface area contributed by atoms with Gasteiger partial charge in [-0.05, 0) is 0 Å². The highest BCUT2D eigenvalue weighted by molar-refractivity contribution is 4.90. The molecule has 1 aliphatic heterocycles. The van der Waals surface area contributed by atoms with E-state index in [0.717, 1.165) is 0 Å². The van der Waals surface area contributed by atoms with Gasteiger partial charge in [-0.25, -0.2) is 5.90 Å². The van der Waals surface area contributed by atoms with Crippen LogP contribution in [0.15, 0.2) is 0 Å². The molecule has 1 fully saturated rings. The Morgan fingerprint density at radius 1 is 1.11 bits per heavy atom. The second-order valence-electron chi connectivity index (χ2n) is 3.50. The molecule has 0 amide bonds. The average Bonchev–Trinajstić information content (AvgIpc) is 2.69. The van der Waals surface area contributed by atoms with E-state index in [1.807, 2.05) is 13.8 Å². The maximum atomic E-state index is 5.78. The first-order valence-electron chi connectivity index (χ1n) is 6.10. The molecule has 0 bridgehead atoms. The van der Waals surface area contributed by atoms with Crippen LogP contribution in [0, 0.1) is 0 Å². The zero-order chi connectivity index (χ0) is 14.0. The minimum Gasteiger partial charge on any atom is -0.382 e. The lowest BCUT2D eigenvalue weighted by Gasteiger charge is -2.21. The van der Waals surface area contributed by atoms with E-state index in [1.165, 1.54) is 0 Å². The summed E-state index contributed by atoms with van der Waals surface area (Å²) in [4.78, 5) is 4.54. The molecule has 0 aromatic carbocycles. The van der Waals surface area contributed by atoms with Crippen molar-refractivity contribution in [2.45, 2.75) is 38.4 Å². The van der Waals surface area contributed by atoms with E-state index in [4.69, 9.17) is 30.6 Å². The minimum absolute atomic E-state index is 0.219. The maximum absolute atomic E-state index is 5.78. The molecule has 0 saturated carbocycles. The summed E-state index contributed by atoms with van der Waals surface area (Å²) >= 11 is 0. The Morgan fingerprint density at radius 3 is 2.28 bits per heavy atom. The molecule has 0 aliphatic carbocycles. The van der Waals surface area contributed by atoms with Gasteiger partial charge in [0.15, 0.2) is 0 Å². The Bertz CT molecular complexity index is 196. The molecule has 18 heavy (non-hydrogen) atoms. The fourth-order valence-corrected chi connectivity index (χ4v) is 1.73. The Hall–Kier alpha value is -0.280. The summed E-state index contributed by atoms with van der Waals surface area (Å²) < 4.78 is 21.1. The molecule has 1 saturated heterocycles. The van der Waals surface area contributed by atoms with Crippen molar-refractivity contribution in [1.29, 1.82) is 0 Å². The summed E-state index contributed by atoms with van der Waals surface area (Å²) in [6.45, 7) is 5.16. The van der Waals surface area contributed by atoms with Crippen LogP contribution in [-0.2, 0) is 23.8 Å². The normalized spacial score (nSPS) is 31.0. The Balaban J connectivity index is 0.00000137. The van der Waals surface area contributed by atoms with E-state index >= 15 is 0 Å². The van der Waals surface area contributed by atoms with E-state index in [2.05, 4.69) is 4.84 Å². The highest BCUT2D eigenvalue weighted by atomic mass is 16.7. The Morgan fingerprint density at radius 2 is 1.78 bits per heavy atom. The van der Waals surface area contributed by atoms with Crippen molar-refractivity contribution in [3.05, 3.63) is 0 Å². The zero-order valence-corrected chi connectivity index (χ0v) is 11.6. The van der Waals surface area contributed by atoms with Gasteiger partial charge in [0.05, 0.1) is 19.8 Å². The monoisotopic (exact) mass is 266 g/mol. The SMILES string of the molecule is CC.COCCOC1C(N)OC(CON)C1OC. The van der Waals surface area contributed by atoms with Gasteiger partial charge in [0.25, 0.3) is 0 Å². The van der Waals surface area contributed by atoms with E-state index in [0.29, 0.717) is 13.2 Å². The van der Waals surface area contributed by atoms with Gasteiger partial charge >= 0.3 is 0 Å². The van der Waals surface area contributed by atoms with Gasteiger partial charge in [-0.3, -0.25) is 0 Å². The maximum Gasteiger partial charge on any atom is 0.135 e. The lowest BCUT2D eigenvalue weighted by Crippen LogP contribution is -2.41. The first-order chi connectivity index (χ1) is 8.74. The molecule has 1 rings (SSSR count). The highest BCUT2D eigenvalue weighted by Crippen LogP contribution is 2.23. The standard InChI is InChI=1S/C9H20N2O5.C2H6/c1-12-3-4-14-8-7(13-2)6(5-15-11)16-9(8)10;1-2/h6-9H,3-5,10-11H2,1-2H3;1-2H3. The second-order valence-corrected chi connectivity index (χ2v) is 3.50. The predicted octanol–water partition coefficient (Wildman–Crippen LogP) is -0.367. The lowest BCUT2D eigenvalue weighted by molar-refractivity contribution is -0.0677. The minimum atomic E-state index is -0.540. The van der Waals surface area contributed by atoms with Crippen LogP contribution < -0.4 is 11.6 Å². The number of hydrogen-bond acceptors (Lipinski definition) is 7. The molecule has 0 aromatic heterocycles. The molecule has 4 atom stereocenters.